The van der Waals surface area contributed by atoms with Gasteiger partial charge in [-0.3, -0.25) is 0 Å². The van der Waals surface area contributed by atoms with E-state index in [0.29, 0.717) is 13.2 Å². The van der Waals surface area contributed by atoms with E-state index < -0.39 is 0 Å². The van der Waals surface area contributed by atoms with E-state index in [1.54, 1.807) is 0 Å². The highest BCUT2D eigenvalue weighted by Gasteiger charge is 2.02. The molecule has 0 atom stereocenters. The van der Waals surface area contributed by atoms with Gasteiger partial charge in [0.2, 0.25) is 0 Å². The molecule has 0 fully saturated rings. The first-order chi connectivity index (χ1) is 10.2. The summed E-state index contributed by atoms with van der Waals surface area (Å²) in [7, 11) is 0. The molecule has 0 unspecified atom stereocenters. The first-order valence-electron chi connectivity index (χ1n) is 6.63. The molecule has 2 aromatic carbocycles. The van der Waals surface area contributed by atoms with Crippen molar-refractivity contribution in [2.24, 2.45) is 0 Å². The van der Waals surface area contributed by atoms with Crippen molar-refractivity contribution in [3.05, 3.63) is 96.8 Å². The van der Waals surface area contributed by atoms with Crippen LogP contribution in [0.2, 0.25) is 0 Å². The summed E-state index contributed by atoms with van der Waals surface area (Å²) in [5.41, 5.74) is 2.08. The lowest BCUT2D eigenvalue weighted by Crippen LogP contribution is -2.00. The Labute approximate surface area is 125 Å². The maximum absolute atomic E-state index is 5.39. The highest BCUT2D eigenvalue weighted by atomic mass is 16.7. The summed E-state index contributed by atoms with van der Waals surface area (Å²) in [5.74, 6) is 0.328. The van der Waals surface area contributed by atoms with Crippen LogP contribution in [0, 0.1) is 0 Å². The minimum absolute atomic E-state index is 0.164. The quantitative estimate of drug-likeness (QED) is 0.672. The van der Waals surface area contributed by atoms with E-state index in [1.165, 1.54) is 0 Å². The van der Waals surface area contributed by atoms with Gasteiger partial charge in [0.1, 0.15) is 13.2 Å². The molecule has 0 aromatic heterocycles. The molecule has 0 aliphatic rings. The second-order valence-electron chi connectivity index (χ2n) is 4.39. The first-order valence-corrected chi connectivity index (χ1v) is 6.63. The van der Waals surface area contributed by atoms with Gasteiger partial charge in [0, 0.05) is 0 Å². The molecule has 0 saturated carbocycles. The molecule has 0 aliphatic heterocycles. The average molecular weight is 282 g/mol. The van der Waals surface area contributed by atoms with Gasteiger partial charge in [0.05, 0.1) is 0 Å². The molecule has 2 rings (SSSR count). The Hall–Kier alpha value is -2.68. The molecule has 2 aromatic rings. The predicted molar refractivity (Wildman–Crippen MR) is 81.8 cm³/mol. The second kappa shape index (κ2) is 7.80. The maximum atomic E-state index is 5.39. The van der Waals surface area contributed by atoms with Crippen LogP contribution in [-0.4, -0.2) is 0 Å². The molecule has 0 amide bonds. The second-order valence-corrected chi connectivity index (χ2v) is 4.39. The minimum atomic E-state index is 0.164. The molecule has 0 radical (unpaired) electrons. The fourth-order valence-electron chi connectivity index (χ4n) is 1.66. The number of hydrogen-bond acceptors (Lipinski definition) is 3. The van der Waals surface area contributed by atoms with Crippen LogP contribution in [-0.2, 0) is 27.4 Å². The zero-order chi connectivity index (χ0) is 14.9. The molecular formula is C18H18O3. The molecule has 0 heterocycles. The summed E-state index contributed by atoms with van der Waals surface area (Å²) >= 11 is 0. The van der Waals surface area contributed by atoms with Crippen molar-refractivity contribution in [2.45, 2.75) is 13.2 Å². The largest absolute Gasteiger partial charge is 0.461 e. The average Bonchev–Trinajstić information content (AvgIpc) is 2.53. The van der Waals surface area contributed by atoms with E-state index in [4.69, 9.17) is 14.2 Å². The third kappa shape index (κ3) is 5.45. The fourth-order valence-corrected chi connectivity index (χ4v) is 1.66. The molecule has 0 aliphatic carbocycles. The van der Waals surface area contributed by atoms with Gasteiger partial charge in [0.25, 0.3) is 11.9 Å². The van der Waals surface area contributed by atoms with Gasteiger partial charge in [-0.25, -0.2) is 0 Å². The third-order valence-corrected chi connectivity index (χ3v) is 2.71. The first kappa shape index (κ1) is 14.7. The molecule has 21 heavy (non-hydrogen) atoms. The van der Waals surface area contributed by atoms with Gasteiger partial charge < -0.3 is 14.2 Å². The lowest BCUT2D eigenvalue weighted by atomic mass is 10.2. The van der Waals surface area contributed by atoms with Gasteiger partial charge in [0.15, 0.2) is 0 Å². The normalized spacial score (nSPS) is 9.71. The van der Waals surface area contributed by atoms with E-state index in [2.05, 4.69) is 13.2 Å². The van der Waals surface area contributed by atoms with E-state index in [-0.39, 0.29) is 11.9 Å². The molecule has 0 saturated heterocycles. The zero-order valence-corrected chi connectivity index (χ0v) is 11.8. The smallest absolute Gasteiger partial charge is 0.279 e. The Morgan fingerprint density at radius 1 is 0.667 bits per heavy atom. The molecule has 108 valence electrons. The van der Waals surface area contributed by atoms with E-state index in [0.717, 1.165) is 11.1 Å². The highest BCUT2D eigenvalue weighted by molar-refractivity contribution is 5.14. The Morgan fingerprint density at radius 3 is 1.43 bits per heavy atom. The van der Waals surface area contributed by atoms with Gasteiger partial charge in [-0.2, -0.15) is 0 Å². The molecule has 3 heteroatoms. The fraction of sp³-hybridized carbons (Fsp3) is 0.111. The van der Waals surface area contributed by atoms with Gasteiger partial charge >= 0.3 is 0 Å². The van der Waals surface area contributed by atoms with Crippen molar-refractivity contribution >= 4 is 0 Å². The lowest BCUT2D eigenvalue weighted by molar-refractivity contribution is -0.0123. The molecule has 0 N–H and O–H groups in total. The summed E-state index contributed by atoms with van der Waals surface area (Å²) in [5, 5.41) is 0. The Balaban J connectivity index is 1.69. The van der Waals surface area contributed by atoms with Crippen LogP contribution < -0.4 is 0 Å². The van der Waals surface area contributed by atoms with E-state index >= 15 is 0 Å². The third-order valence-electron chi connectivity index (χ3n) is 2.71. The summed E-state index contributed by atoms with van der Waals surface area (Å²) in [6.45, 7) is 8.15. The number of hydrogen-bond donors (Lipinski definition) is 0. The number of ether oxygens (including phenoxy) is 3. The van der Waals surface area contributed by atoms with Crippen molar-refractivity contribution in [1.82, 2.24) is 0 Å². The zero-order valence-electron chi connectivity index (χ0n) is 11.8. The lowest BCUT2D eigenvalue weighted by Gasteiger charge is -2.13. The predicted octanol–water partition coefficient (Wildman–Crippen LogP) is 4.38. The van der Waals surface area contributed by atoms with Crippen LogP contribution in [0.25, 0.3) is 0 Å². The van der Waals surface area contributed by atoms with Crippen molar-refractivity contribution in [1.29, 1.82) is 0 Å². The number of rotatable bonds is 8. The topological polar surface area (TPSA) is 27.7 Å². The Kier molecular flexibility index (Phi) is 5.47. The van der Waals surface area contributed by atoms with Gasteiger partial charge in [-0.05, 0) is 24.3 Å². The SMILES string of the molecule is C=C(OCc1ccccc1)OC(=C)OCc1ccccc1. The summed E-state index contributed by atoms with van der Waals surface area (Å²) in [6.07, 6.45) is 0. The standard InChI is InChI=1S/C18H18O3/c1-15(19-13-17-9-5-3-6-10-17)21-16(2)20-14-18-11-7-4-8-12-18/h3-12H,1-2,13-14H2. The Morgan fingerprint density at radius 2 is 1.05 bits per heavy atom. The summed E-state index contributed by atoms with van der Waals surface area (Å²) in [4.78, 5) is 0. The summed E-state index contributed by atoms with van der Waals surface area (Å²) < 4.78 is 16.0. The van der Waals surface area contributed by atoms with Gasteiger partial charge in [-0.1, -0.05) is 60.7 Å². The van der Waals surface area contributed by atoms with Crippen LogP contribution in [0.1, 0.15) is 11.1 Å². The van der Waals surface area contributed by atoms with Crippen molar-refractivity contribution in [3.63, 3.8) is 0 Å². The van der Waals surface area contributed by atoms with Crippen molar-refractivity contribution < 1.29 is 14.2 Å². The van der Waals surface area contributed by atoms with Crippen molar-refractivity contribution in [2.75, 3.05) is 0 Å². The maximum Gasteiger partial charge on any atom is 0.279 e. The van der Waals surface area contributed by atoms with Crippen LogP contribution >= 0.6 is 0 Å². The molecule has 0 spiro atoms. The van der Waals surface area contributed by atoms with Crippen LogP contribution in [0.4, 0.5) is 0 Å². The number of benzene rings is 2. The molecular weight excluding hydrogens is 264 g/mol. The van der Waals surface area contributed by atoms with E-state index in [9.17, 15) is 0 Å². The molecule has 3 nitrogen and oxygen atoms in total. The van der Waals surface area contributed by atoms with Crippen molar-refractivity contribution in [3.8, 4) is 0 Å². The summed E-state index contributed by atoms with van der Waals surface area (Å²) in [6, 6.07) is 19.6. The monoisotopic (exact) mass is 282 g/mol. The van der Waals surface area contributed by atoms with Crippen LogP contribution in [0.3, 0.4) is 0 Å². The van der Waals surface area contributed by atoms with Crippen LogP contribution in [0.5, 0.6) is 0 Å². The van der Waals surface area contributed by atoms with Crippen LogP contribution in [0.15, 0.2) is 85.7 Å². The van der Waals surface area contributed by atoms with Gasteiger partial charge in [-0.15, -0.1) is 0 Å². The minimum Gasteiger partial charge on any atom is -0.461 e. The van der Waals surface area contributed by atoms with E-state index in [1.807, 2.05) is 60.7 Å². The highest BCUT2D eigenvalue weighted by Crippen LogP contribution is 2.11. The molecule has 0 bridgehead atoms. The Bertz CT molecular complexity index is 522.